The number of halogens is 1. The van der Waals surface area contributed by atoms with E-state index in [4.69, 9.17) is 0 Å². The Balaban J connectivity index is 0. The van der Waals surface area contributed by atoms with Crippen LogP contribution in [-0.4, -0.2) is 27.4 Å². The van der Waals surface area contributed by atoms with Gasteiger partial charge < -0.3 is 27.4 Å². The van der Waals surface area contributed by atoms with E-state index in [0.29, 0.717) is 0 Å². The molecule has 0 heterocycles. The molecule has 0 spiro atoms. The molecular formula is H11ClO5Ti. The summed E-state index contributed by atoms with van der Waals surface area (Å²) >= 11 is 0. The van der Waals surface area contributed by atoms with Crippen LogP contribution in [-0.2, 0) is 21.7 Å². The Morgan fingerprint density at radius 1 is 0.429 bits per heavy atom. The molecule has 0 aromatic rings. The molecule has 0 aliphatic carbocycles. The average Bonchev–Trinajstić information content (AvgIpc) is 0. The predicted octanol–water partition coefficient (Wildman–Crippen LogP) is -3.70. The molecule has 5 nitrogen and oxygen atoms in total. The molecule has 0 amide bonds. The van der Waals surface area contributed by atoms with Crippen LogP contribution in [0.2, 0.25) is 0 Å². The van der Waals surface area contributed by atoms with Gasteiger partial charge in [0.1, 0.15) is 0 Å². The maximum absolute atomic E-state index is 0. The Morgan fingerprint density at radius 2 is 0.429 bits per heavy atom. The van der Waals surface area contributed by atoms with Gasteiger partial charge in [-0.05, 0) is 0 Å². The predicted molar refractivity (Wildman–Crippen MR) is 25.3 cm³/mol. The molecule has 0 bridgehead atoms. The Kier molecular flexibility index (Phi) is 28300. The summed E-state index contributed by atoms with van der Waals surface area (Å²) in [6.07, 6.45) is 0. The van der Waals surface area contributed by atoms with Crippen LogP contribution in [0.3, 0.4) is 0 Å². The summed E-state index contributed by atoms with van der Waals surface area (Å²) in [4.78, 5) is 0. The fraction of sp³-hybridized carbons (Fsp3) is 0. The van der Waals surface area contributed by atoms with Crippen molar-refractivity contribution in [2.24, 2.45) is 0 Å². The van der Waals surface area contributed by atoms with Crippen molar-refractivity contribution in [2.45, 2.75) is 0 Å². The van der Waals surface area contributed by atoms with Gasteiger partial charge in [0, 0.05) is 21.7 Å². The zero-order valence-electron chi connectivity index (χ0n) is 3.41. The van der Waals surface area contributed by atoms with E-state index in [2.05, 4.69) is 0 Å². The van der Waals surface area contributed by atoms with Gasteiger partial charge in [-0.25, -0.2) is 0 Å². The van der Waals surface area contributed by atoms with Gasteiger partial charge in [-0.2, -0.15) is 0 Å². The second kappa shape index (κ2) is 354. The van der Waals surface area contributed by atoms with Crippen molar-refractivity contribution in [3.05, 3.63) is 0 Å². The minimum Gasteiger partial charge on any atom is -0.412 e. The first-order valence-corrected chi connectivity index (χ1v) is 0. The van der Waals surface area contributed by atoms with Gasteiger partial charge in [0.2, 0.25) is 0 Å². The van der Waals surface area contributed by atoms with E-state index in [1.165, 1.54) is 0 Å². The maximum Gasteiger partial charge on any atom is 0 e. The molecule has 7 heavy (non-hydrogen) atoms. The standard InChI is InChI=1S/ClH.5H2O.Ti/h1H;5*1H2;. The van der Waals surface area contributed by atoms with E-state index in [1.54, 1.807) is 0 Å². The summed E-state index contributed by atoms with van der Waals surface area (Å²) in [6, 6.07) is 0. The number of hydrogen-bond donors (Lipinski definition) is 0. The van der Waals surface area contributed by atoms with Crippen LogP contribution in [0.25, 0.3) is 0 Å². The van der Waals surface area contributed by atoms with E-state index >= 15 is 0 Å². The molecule has 7 heteroatoms. The van der Waals surface area contributed by atoms with E-state index in [9.17, 15) is 0 Å². The van der Waals surface area contributed by atoms with Crippen LogP contribution in [0.5, 0.6) is 0 Å². The monoisotopic (exact) mass is 174 g/mol. The fourth-order valence-electron chi connectivity index (χ4n) is 0. The largest absolute Gasteiger partial charge is 0.412 e. The van der Waals surface area contributed by atoms with Gasteiger partial charge in [0.15, 0.2) is 0 Å². The zero-order chi connectivity index (χ0) is 0. The summed E-state index contributed by atoms with van der Waals surface area (Å²) < 4.78 is 0. The van der Waals surface area contributed by atoms with Crippen molar-refractivity contribution in [3.63, 3.8) is 0 Å². The SMILES string of the molecule is Cl.O.O.O.O.O.[Ti]. The van der Waals surface area contributed by atoms with E-state index in [1.807, 2.05) is 0 Å². The van der Waals surface area contributed by atoms with Gasteiger partial charge in [-0.3, -0.25) is 0 Å². The van der Waals surface area contributed by atoms with Crippen LogP contribution >= 0.6 is 12.4 Å². The van der Waals surface area contributed by atoms with Crippen molar-refractivity contribution in [3.8, 4) is 0 Å². The van der Waals surface area contributed by atoms with Crippen LogP contribution in [0.4, 0.5) is 0 Å². The molecule has 0 unspecified atom stereocenters. The summed E-state index contributed by atoms with van der Waals surface area (Å²) in [5.74, 6) is 0. The Bertz CT molecular complexity index is 8.04. The van der Waals surface area contributed by atoms with Gasteiger partial charge >= 0.3 is 0 Å². The van der Waals surface area contributed by atoms with Crippen LogP contribution in [0.1, 0.15) is 0 Å². The van der Waals surface area contributed by atoms with Gasteiger partial charge in [-0.15, -0.1) is 12.4 Å². The normalized spacial score (nSPS) is 0. The zero-order valence-corrected chi connectivity index (χ0v) is 5.79. The first-order chi connectivity index (χ1) is 0. The Labute approximate surface area is 61.9 Å². The minimum atomic E-state index is 0. The van der Waals surface area contributed by atoms with Crippen molar-refractivity contribution in [1.29, 1.82) is 0 Å². The van der Waals surface area contributed by atoms with Crippen molar-refractivity contribution in [1.82, 2.24) is 0 Å². The summed E-state index contributed by atoms with van der Waals surface area (Å²) in [7, 11) is 0. The second-order valence-corrected chi connectivity index (χ2v) is 0. The Morgan fingerprint density at radius 3 is 0.429 bits per heavy atom. The van der Waals surface area contributed by atoms with Crippen LogP contribution in [0, 0.1) is 0 Å². The molecule has 10 N–H and O–H groups in total. The molecule has 0 aliphatic rings. The van der Waals surface area contributed by atoms with E-state index in [0.717, 1.165) is 0 Å². The van der Waals surface area contributed by atoms with Crippen LogP contribution < -0.4 is 0 Å². The molecule has 0 saturated carbocycles. The second-order valence-electron chi connectivity index (χ2n) is 0. The summed E-state index contributed by atoms with van der Waals surface area (Å²) in [6.45, 7) is 0. The molecule has 0 aromatic carbocycles. The molecule has 0 fully saturated rings. The maximum atomic E-state index is 0. The van der Waals surface area contributed by atoms with E-state index < -0.39 is 0 Å². The first kappa shape index (κ1) is 559. The molecule has 0 aromatic heterocycles. The van der Waals surface area contributed by atoms with Crippen molar-refractivity contribution >= 4 is 12.4 Å². The quantitative estimate of drug-likeness (QED) is 0.331. The topological polar surface area (TPSA) is 158 Å². The molecular weight excluding hydrogens is 163 g/mol. The molecule has 0 rings (SSSR count). The molecule has 0 atom stereocenters. The first-order valence-electron chi connectivity index (χ1n) is 0. The number of rotatable bonds is 0. The fourth-order valence-corrected chi connectivity index (χ4v) is 0. The van der Waals surface area contributed by atoms with E-state index in [-0.39, 0.29) is 61.5 Å². The summed E-state index contributed by atoms with van der Waals surface area (Å²) in [5, 5.41) is 0. The summed E-state index contributed by atoms with van der Waals surface area (Å²) in [5.41, 5.74) is 0. The smallest absolute Gasteiger partial charge is 0 e. The molecule has 0 saturated heterocycles. The van der Waals surface area contributed by atoms with Gasteiger partial charge in [-0.1, -0.05) is 0 Å². The van der Waals surface area contributed by atoms with Crippen molar-refractivity contribution < 1.29 is 49.1 Å². The third-order valence-corrected chi connectivity index (χ3v) is 0. The molecule has 0 radical (unpaired) electrons. The average molecular weight is 174 g/mol. The van der Waals surface area contributed by atoms with Crippen LogP contribution in [0.15, 0.2) is 0 Å². The number of hydrogen-bond acceptors (Lipinski definition) is 0. The molecule has 0 aliphatic heterocycles. The third-order valence-electron chi connectivity index (χ3n) is 0. The van der Waals surface area contributed by atoms with Crippen molar-refractivity contribution in [2.75, 3.05) is 0 Å². The minimum absolute atomic E-state index is 0. The molecule has 52 valence electrons. The third kappa shape index (κ3) is 243. The Hall–Kier alpha value is 0.804. The van der Waals surface area contributed by atoms with Gasteiger partial charge in [0.25, 0.3) is 0 Å². The van der Waals surface area contributed by atoms with Gasteiger partial charge in [0.05, 0.1) is 0 Å².